The van der Waals surface area contributed by atoms with Gasteiger partial charge >= 0.3 is 0 Å². The molecular weight excluding hydrogens is 328 g/mol. The van der Waals surface area contributed by atoms with E-state index in [1.165, 1.54) is 27.1 Å². The second-order valence-corrected chi connectivity index (χ2v) is 7.15. The molecule has 0 radical (unpaired) electrons. The molecule has 0 heterocycles. The molecule has 0 unspecified atom stereocenters. The number of carbonyl (C=O) groups is 1. The van der Waals surface area contributed by atoms with Gasteiger partial charge in [-0.2, -0.15) is 5.26 Å². The molecule has 0 bridgehead atoms. The summed E-state index contributed by atoms with van der Waals surface area (Å²) in [6.07, 6.45) is 0.326. The number of para-hydroxylation sites is 1. The number of hydrogen-bond donors (Lipinski definition) is 0. The van der Waals surface area contributed by atoms with Crippen LogP contribution in [0.3, 0.4) is 0 Å². The molecular formula is C21H24N2OS. The van der Waals surface area contributed by atoms with Gasteiger partial charge in [0.2, 0.25) is 5.91 Å². The van der Waals surface area contributed by atoms with Crippen LogP contribution < -0.4 is 4.90 Å². The second-order valence-electron chi connectivity index (χ2n) is 6.17. The molecule has 0 saturated carbocycles. The number of hydrogen-bond acceptors (Lipinski definition) is 3. The maximum Gasteiger partial charge on any atom is 0.237 e. The van der Waals surface area contributed by atoms with Crippen molar-refractivity contribution in [3.05, 3.63) is 58.7 Å². The third-order valence-electron chi connectivity index (χ3n) is 4.45. The summed E-state index contributed by atoms with van der Waals surface area (Å²) in [4.78, 5) is 15.7. The van der Waals surface area contributed by atoms with Gasteiger partial charge in [-0.3, -0.25) is 4.79 Å². The van der Waals surface area contributed by atoms with E-state index in [0.29, 0.717) is 18.7 Å². The Morgan fingerprint density at radius 1 is 1.08 bits per heavy atom. The molecule has 0 aliphatic carbocycles. The summed E-state index contributed by atoms with van der Waals surface area (Å²) in [5.41, 5.74) is 5.83. The number of anilines is 1. The fourth-order valence-corrected chi connectivity index (χ4v) is 3.96. The molecule has 2 rings (SSSR count). The molecule has 25 heavy (non-hydrogen) atoms. The Hall–Kier alpha value is -2.25. The van der Waals surface area contributed by atoms with Crippen molar-refractivity contribution >= 4 is 23.4 Å². The maximum absolute atomic E-state index is 12.8. The van der Waals surface area contributed by atoms with Crippen molar-refractivity contribution < 1.29 is 4.79 Å². The third-order valence-corrected chi connectivity index (χ3v) is 5.75. The molecule has 3 nitrogen and oxygen atoms in total. The van der Waals surface area contributed by atoms with Gasteiger partial charge in [-0.15, -0.1) is 11.8 Å². The van der Waals surface area contributed by atoms with Crippen LogP contribution in [0.1, 0.15) is 28.7 Å². The maximum atomic E-state index is 12.8. The molecule has 2 aromatic carbocycles. The van der Waals surface area contributed by atoms with Crippen molar-refractivity contribution in [3.63, 3.8) is 0 Å². The molecule has 0 atom stereocenters. The van der Waals surface area contributed by atoms with E-state index in [1.54, 1.807) is 16.7 Å². The summed E-state index contributed by atoms with van der Waals surface area (Å²) in [5, 5.41) is 8.89. The minimum atomic E-state index is 0.0319. The molecule has 0 saturated heterocycles. The van der Waals surface area contributed by atoms with E-state index in [-0.39, 0.29) is 5.91 Å². The van der Waals surface area contributed by atoms with Crippen LogP contribution in [0, 0.1) is 39.0 Å². The Morgan fingerprint density at radius 3 is 2.24 bits per heavy atom. The first kappa shape index (κ1) is 19.1. The zero-order valence-electron chi connectivity index (χ0n) is 15.3. The summed E-state index contributed by atoms with van der Waals surface area (Å²) >= 11 is 1.59. The van der Waals surface area contributed by atoms with E-state index in [1.807, 2.05) is 30.3 Å². The van der Waals surface area contributed by atoms with E-state index in [9.17, 15) is 4.79 Å². The predicted molar refractivity (Wildman–Crippen MR) is 105 cm³/mol. The lowest BCUT2D eigenvalue weighted by Crippen LogP contribution is -2.33. The second kappa shape index (κ2) is 8.73. The number of carbonyl (C=O) groups excluding carboxylic acids is 1. The lowest BCUT2D eigenvalue weighted by Gasteiger charge is -2.22. The van der Waals surface area contributed by atoms with Crippen LogP contribution in [-0.2, 0) is 4.79 Å². The van der Waals surface area contributed by atoms with Crippen LogP contribution >= 0.6 is 11.8 Å². The lowest BCUT2D eigenvalue weighted by atomic mass is 10.0. The van der Waals surface area contributed by atoms with Crippen LogP contribution in [0.5, 0.6) is 0 Å². The number of rotatable bonds is 6. The van der Waals surface area contributed by atoms with E-state index >= 15 is 0 Å². The first-order chi connectivity index (χ1) is 12.0. The standard InChI is InChI=1S/C21H24N2OS/c1-15-13-16(2)18(4)21(17(15)3)25-14-20(24)23(12-8-11-22)19-9-6-5-7-10-19/h5-7,9-10,13H,8,12,14H2,1-4H3. The Bertz CT molecular complexity index is 768. The Morgan fingerprint density at radius 2 is 1.68 bits per heavy atom. The molecule has 0 N–H and O–H groups in total. The van der Waals surface area contributed by atoms with Crippen LogP contribution in [0.4, 0.5) is 5.69 Å². The van der Waals surface area contributed by atoms with Gasteiger partial charge in [0, 0.05) is 17.1 Å². The van der Waals surface area contributed by atoms with Crippen molar-refractivity contribution in [2.75, 3.05) is 17.2 Å². The third kappa shape index (κ3) is 4.64. The van der Waals surface area contributed by atoms with Crippen LogP contribution in [0.2, 0.25) is 0 Å². The quantitative estimate of drug-likeness (QED) is 0.690. The van der Waals surface area contributed by atoms with Crippen molar-refractivity contribution in [2.45, 2.75) is 39.0 Å². The van der Waals surface area contributed by atoms with Gasteiger partial charge in [0.25, 0.3) is 0 Å². The summed E-state index contributed by atoms with van der Waals surface area (Å²) in [7, 11) is 0. The monoisotopic (exact) mass is 352 g/mol. The summed E-state index contributed by atoms with van der Waals surface area (Å²) in [5.74, 6) is 0.398. The van der Waals surface area contributed by atoms with Gasteiger partial charge in [0.15, 0.2) is 0 Å². The zero-order chi connectivity index (χ0) is 18.4. The number of nitrogens with zero attached hydrogens (tertiary/aromatic N) is 2. The van der Waals surface area contributed by atoms with Gasteiger partial charge in [-0.25, -0.2) is 0 Å². The van der Waals surface area contributed by atoms with Gasteiger partial charge in [-0.1, -0.05) is 24.3 Å². The normalized spacial score (nSPS) is 10.4. The molecule has 0 fully saturated rings. The minimum Gasteiger partial charge on any atom is -0.311 e. The fourth-order valence-electron chi connectivity index (χ4n) is 2.78. The van der Waals surface area contributed by atoms with Crippen molar-refractivity contribution in [3.8, 4) is 6.07 Å². The smallest absolute Gasteiger partial charge is 0.237 e. The number of aryl methyl sites for hydroxylation is 2. The molecule has 0 spiro atoms. The van der Waals surface area contributed by atoms with Gasteiger partial charge in [0.1, 0.15) is 0 Å². The van der Waals surface area contributed by atoms with Crippen LogP contribution in [0.15, 0.2) is 41.3 Å². The van der Waals surface area contributed by atoms with Crippen LogP contribution in [-0.4, -0.2) is 18.2 Å². The Kier molecular flexibility index (Phi) is 6.66. The van der Waals surface area contributed by atoms with E-state index in [2.05, 4.69) is 39.8 Å². The number of thioether (sulfide) groups is 1. The average Bonchev–Trinajstić information content (AvgIpc) is 2.61. The summed E-state index contributed by atoms with van der Waals surface area (Å²) in [6.45, 7) is 8.86. The van der Waals surface area contributed by atoms with Gasteiger partial charge < -0.3 is 4.90 Å². The highest BCUT2D eigenvalue weighted by Crippen LogP contribution is 2.31. The zero-order valence-corrected chi connectivity index (χ0v) is 16.1. The molecule has 0 aromatic heterocycles. The highest BCUT2D eigenvalue weighted by atomic mass is 32.2. The van der Waals surface area contributed by atoms with Crippen molar-refractivity contribution in [2.24, 2.45) is 0 Å². The van der Waals surface area contributed by atoms with Crippen molar-refractivity contribution in [1.82, 2.24) is 0 Å². The van der Waals surface area contributed by atoms with E-state index in [4.69, 9.17) is 5.26 Å². The summed E-state index contributed by atoms with van der Waals surface area (Å²) < 4.78 is 0. The molecule has 0 aliphatic heterocycles. The SMILES string of the molecule is Cc1cc(C)c(C)c(SCC(=O)N(CCC#N)c2ccccc2)c1C. The summed E-state index contributed by atoms with van der Waals surface area (Å²) in [6, 6.07) is 13.9. The van der Waals surface area contributed by atoms with E-state index < -0.39 is 0 Å². The van der Waals surface area contributed by atoms with Crippen LogP contribution in [0.25, 0.3) is 0 Å². The predicted octanol–water partition coefficient (Wildman–Crippen LogP) is 4.96. The van der Waals surface area contributed by atoms with E-state index in [0.717, 1.165) is 5.69 Å². The number of benzene rings is 2. The molecule has 1 amide bonds. The largest absolute Gasteiger partial charge is 0.311 e. The van der Waals surface area contributed by atoms with Crippen molar-refractivity contribution in [1.29, 1.82) is 5.26 Å². The van der Waals surface area contributed by atoms with Gasteiger partial charge in [0.05, 0.1) is 18.2 Å². The first-order valence-corrected chi connectivity index (χ1v) is 9.36. The first-order valence-electron chi connectivity index (χ1n) is 8.38. The fraction of sp³-hybridized carbons (Fsp3) is 0.333. The number of nitriles is 1. The average molecular weight is 353 g/mol. The molecule has 130 valence electrons. The molecule has 0 aliphatic rings. The highest BCUT2D eigenvalue weighted by Gasteiger charge is 2.17. The Balaban J connectivity index is 2.19. The minimum absolute atomic E-state index is 0.0319. The lowest BCUT2D eigenvalue weighted by molar-refractivity contribution is -0.116. The topological polar surface area (TPSA) is 44.1 Å². The molecule has 2 aromatic rings. The Labute approximate surface area is 154 Å². The number of amides is 1. The molecule has 4 heteroatoms. The highest BCUT2D eigenvalue weighted by molar-refractivity contribution is 8.00. The van der Waals surface area contributed by atoms with Gasteiger partial charge in [-0.05, 0) is 62.1 Å².